The van der Waals surface area contributed by atoms with Crippen molar-refractivity contribution in [3.8, 4) is 0 Å². The molecule has 0 saturated carbocycles. The minimum atomic E-state index is -4.07. The molecule has 204 valence electrons. The highest BCUT2D eigenvalue weighted by Gasteiger charge is 2.37. The Balaban J connectivity index is 1.46. The molecule has 12 nitrogen and oxygen atoms in total. The molecule has 2 heterocycles. The van der Waals surface area contributed by atoms with Gasteiger partial charge in [0.05, 0.1) is 30.2 Å². The molecule has 2 amide bonds. The Morgan fingerprint density at radius 3 is 2.66 bits per heavy atom. The van der Waals surface area contributed by atoms with E-state index >= 15 is 0 Å². The van der Waals surface area contributed by atoms with Crippen LogP contribution in [0.1, 0.15) is 47.9 Å². The van der Waals surface area contributed by atoms with Crippen molar-refractivity contribution in [1.82, 2.24) is 24.9 Å². The molecular formula is C24H29N5O7S2. The highest BCUT2D eigenvalue weighted by Crippen LogP contribution is 2.29. The lowest BCUT2D eigenvalue weighted by molar-refractivity contribution is -0.129. The Labute approximate surface area is 221 Å². The number of hydrogen-bond donors (Lipinski definition) is 2. The summed E-state index contributed by atoms with van der Waals surface area (Å²) in [7, 11) is -7.63. The van der Waals surface area contributed by atoms with Crippen LogP contribution >= 0.6 is 0 Å². The molecule has 0 spiro atoms. The van der Waals surface area contributed by atoms with E-state index in [2.05, 4.69) is 20.6 Å². The number of benzene rings is 1. The Bertz CT molecular complexity index is 1460. The minimum absolute atomic E-state index is 0.0176. The minimum Gasteiger partial charge on any atom is -0.349 e. The number of amides is 2. The Morgan fingerprint density at radius 2 is 1.95 bits per heavy atom. The molecule has 2 N–H and O–H groups in total. The number of nitrogens with zero attached hydrogens (tertiary/aromatic N) is 3. The molecule has 1 aliphatic carbocycles. The van der Waals surface area contributed by atoms with Crippen LogP contribution in [0.15, 0.2) is 47.8 Å². The summed E-state index contributed by atoms with van der Waals surface area (Å²) in [6, 6.07) is 4.58. The van der Waals surface area contributed by atoms with Gasteiger partial charge in [-0.2, -0.15) is 8.42 Å². The predicted octanol–water partition coefficient (Wildman–Crippen LogP) is 0.848. The fraction of sp³-hybridized carbons (Fsp3) is 0.417. The van der Waals surface area contributed by atoms with Crippen LogP contribution in [0.4, 0.5) is 0 Å². The van der Waals surface area contributed by atoms with Crippen LogP contribution in [-0.4, -0.2) is 61.8 Å². The van der Waals surface area contributed by atoms with Gasteiger partial charge in [-0.3, -0.25) is 18.1 Å². The molecule has 2 aromatic rings. The number of aromatic nitrogens is 2. The standard InChI is InChI=1S/C24H29N5O7S2/c1-16-6-8-17(9-7-16)38(34,35)29-12-11-25-24(31)21(29)14-23(30)28-20-5-3-4-19-18(20)15-26-22(27-19)10-13-36-37(2,32)33/h6-9,11-12,15,20-21H,3-5,10,13-14H2,1-2H3,(H,25,31)(H,28,30)/t20?,21-/m1/s1. The van der Waals surface area contributed by atoms with Gasteiger partial charge in [0, 0.05) is 36.3 Å². The highest BCUT2D eigenvalue weighted by atomic mass is 32.2. The van der Waals surface area contributed by atoms with Gasteiger partial charge in [-0.05, 0) is 38.3 Å². The monoisotopic (exact) mass is 563 g/mol. The molecule has 38 heavy (non-hydrogen) atoms. The van der Waals surface area contributed by atoms with Gasteiger partial charge in [-0.25, -0.2) is 18.4 Å². The summed E-state index contributed by atoms with van der Waals surface area (Å²) in [6.07, 6.45) is 6.92. The molecule has 0 fully saturated rings. The summed E-state index contributed by atoms with van der Waals surface area (Å²) in [5.41, 5.74) is 2.36. The maximum absolute atomic E-state index is 13.3. The van der Waals surface area contributed by atoms with E-state index in [0.717, 1.165) is 33.8 Å². The third-order valence-electron chi connectivity index (χ3n) is 6.22. The number of fused-ring (bicyclic) bond motifs is 1. The van der Waals surface area contributed by atoms with E-state index in [1.54, 1.807) is 18.3 Å². The molecule has 1 aromatic carbocycles. The molecule has 4 rings (SSSR count). The van der Waals surface area contributed by atoms with Gasteiger partial charge in [0.2, 0.25) is 11.8 Å². The quantitative estimate of drug-likeness (QED) is 0.421. The van der Waals surface area contributed by atoms with Crippen molar-refractivity contribution in [3.05, 3.63) is 65.5 Å². The third kappa shape index (κ3) is 6.55. The lowest BCUT2D eigenvalue weighted by atomic mass is 9.92. The van der Waals surface area contributed by atoms with Crippen LogP contribution in [-0.2, 0) is 46.8 Å². The molecule has 2 aliphatic rings. The Hall–Kier alpha value is -3.36. The van der Waals surface area contributed by atoms with E-state index in [4.69, 9.17) is 4.18 Å². The molecule has 0 radical (unpaired) electrons. The topological polar surface area (TPSA) is 165 Å². The summed E-state index contributed by atoms with van der Waals surface area (Å²) in [5, 5.41) is 5.37. The number of nitrogens with one attached hydrogen (secondary N) is 2. The molecule has 2 atom stereocenters. The zero-order chi connectivity index (χ0) is 27.5. The lowest BCUT2D eigenvalue weighted by Crippen LogP contribution is -2.51. The van der Waals surface area contributed by atoms with E-state index in [1.165, 1.54) is 24.5 Å². The molecule has 14 heteroatoms. The number of carbonyl (C=O) groups is 2. The second kappa shape index (κ2) is 11.2. The van der Waals surface area contributed by atoms with Gasteiger partial charge in [0.1, 0.15) is 11.9 Å². The molecule has 0 saturated heterocycles. The largest absolute Gasteiger partial charge is 0.349 e. The zero-order valence-electron chi connectivity index (χ0n) is 21.0. The van der Waals surface area contributed by atoms with Crippen molar-refractivity contribution in [1.29, 1.82) is 0 Å². The van der Waals surface area contributed by atoms with E-state index < -0.39 is 44.0 Å². The first-order valence-electron chi connectivity index (χ1n) is 12.0. The summed E-state index contributed by atoms with van der Waals surface area (Å²) in [4.78, 5) is 34.5. The first kappa shape index (κ1) is 27.7. The maximum Gasteiger partial charge on any atom is 0.264 e. The van der Waals surface area contributed by atoms with Crippen molar-refractivity contribution in [3.63, 3.8) is 0 Å². The average molecular weight is 564 g/mol. The van der Waals surface area contributed by atoms with Crippen molar-refractivity contribution in [2.24, 2.45) is 0 Å². The van der Waals surface area contributed by atoms with Gasteiger partial charge >= 0.3 is 0 Å². The predicted molar refractivity (Wildman–Crippen MR) is 136 cm³/mol. The van der Waals surface area contributed by atoms with Crippen LogP contribution in [0.5, 0.6) is 0 Å². The molecule has 1 unspecified atom stereocenters. The Kier molecular flexibility index (Phi) is 8.13. The van der Waals surface area contributed by atoms with Crippen molar-refractivity contribution in [2.45, 2.75) is 56.0 Å². The number of rotatable bonds is 9. The summed E-state index contributed by atoms with van der Waals surface area (Å²) < 4.78 is 54.5. The molecular weight excluding hydrogens is 534 g/mol. The first-order valence-corrected chi connectivity index (χ1v) is 15.3. The first-order chi connectivity index (χ1) is 17.9. The fourth-order valence-corrected chi connectivity index (χ4v) is 6.18. The average Bonchev–Trinajstić information content (AvgIpc) is 2.85. The van der Waals surface area contributed by atoms with E-state index in [0.29, 0.717) is 18.7 Å². The molecule has 0 bridgehead atoms. The van der Waals surface area contributed by atoms with Crippen LogP contribution in [0.3, 0.4) is 0 Å². The number of sulfonamides is 1. The van der Waals surface area contributed by atoms with E-state index in [1.807, 2.05) is 6.92 Å². The highest BCUT2D eigenvalue weighted by molar-refractivity contribution is 7.89. The normalized spacial score (nSPS) is 19.5. The Morgan fingerprint density at radius 1 is 1.21 bits per heavy atom. The van der Waals surface area contributed by atoms with Crippen LogP contribution in [0.25, 0.3) is 0 Å². The van der Waals surface area contributed by atoms with Gasteiger partial charge in [0.25, 0.3) is 20.1 Å². The lowest BCUT2D eigenvalue weighted by Gasteiger charge is -2.32. The SMILES string of the molecule is Cc1ccc(S(=O)(=O)N2C=CNC(=O)[C@H]2CC(=O)NC2CCCc3nc(CCOS(C)(=O)=O)ncc32)cc1. The van der Waals surface area contributed by atoms with E-state index in [9.17, 15) is 26.4 Å². The third-order valence-corrected chi connectivity index (χ3v) is 8.62. The number of carbonyl (C=O) groups excluding carboxylic acids is 2. The van der Waals surface area contributed by atoms with Crippen LogP contribution < -0.4 is 10.6 Å². The van der Waals surface area contributed by atoms with Crippen molar-refractivity contribution in [2.75, 3.05) is 12.9 Å². The molecule has 1 aliphatic heterocycles. The maximum atomic E-state index is 13.3. The van der Waals surface area contributed by atoms with Crippen LogP contribution in [0, 0.1) is 6.92 Å². The van der Waals surface area contributed by atoms with Gasteiger partial charge in [-0.15, -0.1) is 0 Å². The smallest absolute Gasteiger partial charge is 0.264 e. The fourth-order valence-electron chi connectivity index (χ4n) is 4.34. The van der Waals surface area contributed by atoms with Crippen LogP contribution in [0.2, 0.25) is 0 Å². The van der Waals surface area contributed by atoms with Gasteiger partial charge < -0.3 is 10.6 Å². The second-order valence-corrected chi connectivity index (χ2v) is 12.7. The van der Waals surface area contributed by atoms with E-state index in [-0.39, 0.29) is 24.3 Å². The zero-order valence-corrected chi connectivity index (χ0v) is 22.6. The number of aryl methyl sites for hydroxylation is 2. The summed E-state index contributed by atoms with van der Waals surface area (Å²) in [5.74, 6) is -0.665. The summed E-state index contributed by atoms with van der Waals surface area (Å²) >= 11 is 0. The molecule has 1 aromatic heterocycles. The van der Waals surface area contributed by atoms with Crippen molar-refractivity contribution >= 4 is 32.0 Å². The van der Waals surface area contributed by atoms with Gasteiger partial charge in [-0.1, -0.05) is 17.7 Å². The van der Waals surface area contributed by atoms with Gasteiger partial charge in [0.15, 0.2) is 0 Å². The van der Waals surface area contributed by atoms with Crippen molar-refractivity contribution < 1.29 is 30.6 Å². The second-order valence-electron chi connectivity index (χ2n) is 9.17. The summed E-state index contributed by atoms with van der Waals surface area (Å²) in [6.45, 7) is 1.76. The number of hydrogen-bond acceptors (Lipinski definition) is 9.